The highest BCUT2D eigenvalue weighted by Crippen LogP contribution is 2.34. The SMILES string of the molecule is COc1ccc(Oc2cc(Br)ccc2C#N)cc1[N+](=O)[O-]. The van der Waals surface area contributed by atoms with Crippen molar-refractivity contribution in [3.05, 3.63) is 56.5 Å². The standard InChI is InChI=1S/C14H9BrN2O4/c1-20-13-5-4-11(7-12(13)17(18)19)21-14-6-10(15)3-2-9(14)8-16/h2-7H,1H3. The fraction of sp³-hybridized carbons (Fsp3) is 0.0714. The normalized spacial score (nSPS) is 9.76. The largest absolute Gasteiger partial charge is 0.490 e. The Morgan fingerprint density at radius 2 is 2.00 bits per heavy atom. The van der Waals surface area contributed by atoms with E-state index in [1.807, 2.05) is 6.07 Å². The first-order valence-electron chi connectivity index (χ1n) is 5.75. The molecule has 2 aromatic carbocycles. The number of hydrogen-bond acceptors (Lipinski definition) is 5. The molecule has 0 aliphatic carbocycles. The molecule has 21 heavy (non-hydrogen) atoms. The van der Waals surface area contributed by atoms with Gasteiger partial charge in [-0.3, -0.25) is 10.1 Å². The van der Waals surface area contributed by atoms with Crippen LogP contribution >= 0.6 is 15.9 Å². The first kappa shape index (κ1) is 14.8. The molecule has 0 aliphatic rings. The van der Waals surface area contributed by atoms with Crippen LogP contribution in [0, 0.1) is 21.4 Å². The topological polar surface area (TPSA) is 85.4 Å². The van der Waals surface area contributed by atoms with Gasteiger partial charge in [0, 0.05) is 4.47 Å². The van der Waals surface area contributed by atoms with Gasteiger partial charge < -0.3 is 9.47 Å². The van der Waals surface area contributed by atoms with Crippen LogP contribution in [-0.2, 0) is 0 Å². The zero-order valence-electron chi connectivity index (χ0n) is 10.9. The maximum atomic E-state index is 11.0. The minimum atomic E-state index is -0.558. The summed E-state index contributed by atoms with van der Waals surface area (Å²) in [6.45, 7) is 0. The van der Waals surface area contributed by atoms with E-state index in [-0.39, 0.29) is 17.2 Å². The van der Waals surface area contributed by atoms with Crippen molar-refractivity contribution in [2.75, 3.05) is 7.11 Å². The molecule has 0 saturated carbocycles. The Kier molecular flexibility index (Phi) is 4.40. The van der Waals surface area contributed by atoms with Gasteiger partial charge in [0.05, 0.1) is 23.7 Å². The van der Waals surface area contributed by atoms with Crippen LogP contribution in [0.1, 0.15) is 5.56 Å². The molecule has 0 radical (unpaired) electrons. The summed E-state index contributed by atoms with van der Waals surface area (Å²) in [5.41, 5.74) is 0.125. The summed E-state index contributed by atoms with van der Waals surface area (Å²) >= 11 is 3.28. The number of rotatable bonds is 4. The molecule has 0 spiro atoms. The number of methoxy groups -OCH3 is 1. The lowest BCUT2D eigenvalue weighted by Gasteiger charge is -2.09. The Morgan fingerprint density at radius 3 is 2.62 bits per heavy atom. The molecule has 0 aromatic heterocycles. The van der Waals surface area contributed by atoms with E-state index < -0.39 is 4.92 Å². The number of halogens is 1. The molecule has 2 rings (SSSR count). The van der Waals surface area contributed by atoms with Gasteiger partial charge in [-0.05, 0) is 30.3 Å². The quantitative estimate of drug-likeness (QED) is 0.614. The lowest BCUT2D eigenvalue weighted by molar-refractivity contribution is -0.385. The second-order valence-electron chi connectivity index (χ2n) is 3.95. The molecule has 6 nitrogen and oxygen atoms in total. The van der Waals surface area contributed by atoms with E-state index in [9.17, 15) is 10.1 Å². The van der Waals surface area contributed by atoms with Gasteiger partial charge in [-0.1, -0.05) is 15.9 Å². The van der Waals surface area contributed by atoms with Crippen molar-refractivity contribution >= 4 is 21.6 Å². The van der Waals surface area contributed by atoms with Gasteiger partial charge in [0.15, 0.2) is 5.75 Å². The first-order valence-corrected chi connectivity index (χ1v) is 6.54. The van der Waals surface area contributed by atoms with Crippen LogP contribution in [0.25, 0.3) is 0 Å². The van der Waals surface area contributed by atoms with E-state index in [0.717, 1.165) is 4.47 Å². The predicted molar refractivity (Wildman–Crippen MR) is 78.6 cm³/mol. The van der Waals surface area contributed by atoms with Crippen LogP contribution in [0.5, 0.6) is 17.2 Å². The molecule has 106 valence electrons. The van der Waals surface area contributed by atoms with Gasteiger partial charge in [-0.2, -0.15) is 5.26 Å². The highest BCUT2D eigenvalue weighted by atomic mass is 79.9. The smallest absolute Gasteiger partial charge is 0.314 e. The van der Waals surface area contributed by atoms with E-state index in [0.29, 0.717) is 11.3 Å². The number of nitro benzene ring substituents is 1. The van der Waals surface area contributed by atoms with Crippen LogP contribution in [0.15, 0.2) is 40.9 Å². The van der Waals surface area contributed by atoms with Crippen molar-refractivity contribution < 1.29 is 14.4 Å². The van der Waals surface area contributed by atoms with E-state index in [4.69, 9.17) is 14.7 Å². The third-order valence-corrected chi connectivity index (χ3v) is 3.13. The number of nitro groups is 1. The number of nitriles is 1. The van der Waals surface area contributed by atoms with Gasteiger partial charge in [0.1, 0.15) is 17.6 Å². The molecule has 7 heteroatoms. The van der Waals surface area contributed by atoms with Crippen LogP contribution in [0.3, 0.4) is 0 Å². The van der Waals surface area contributed by atoms with Gasteiger partial charge >= 0.3 is 5.69 Å². The maximum Gasteiger partial charge on any atom is 0.314 e. The summed E-state index contributed by atoms with van der Waals surface area (Å²) in [5.74, 6) is 0.700. The number of benzene rings is 2. The summed E-state index contributed by atoms with van der Waals surface area (Å²) in [4.78, 5) is 10.4. The van der Waals surface area contributed by atoms with E-state index in [1.54, 1.807) is 18.2 Å². The Labute approximate surface area is 128 Å². The lowest BCUT2D eigenvalue weighted by Crippen LogP contribution is -1.95. The Morgan fingerprint density at radius 1 is 1.24 bits per heavy atom. The molecule has 0 fully saturated rings. The molecule has 0 bridgehead atoms. The zero-order valence-corrected chi connectivity index (χ0v) is 12.5. The van der Waals surface area contributed by atoms with Gasteiger partial charge in [-0.15, -0.1) is 0 Å². The molecule has 0 amide bonds. The van der Waals surface area contributed by atoms with E-state index >= 15 is 0 Å². The average molecular weight is 349 g/mol. The monoisotopic (exact) mass is 348 g/mol. The summed E-state index contributed by atoms with van der Waals surface area (Å²) in [7, 11) is 1.35. The fourth-order valence-electron chi connectivity index (χ4n) is 1.68. The minimum Gasteiger partial charge on any atom is -0.490 e. The maximum absolute atomic E-state index is 11.0. The predicted octanol–water partition coefficient (Wildman–Crippen LogP) is 4.03. The third kappa shape index (κ3) is 3.30. The molecule has 0 N–H and O–H groups in total. The van der Waals surface area contributed by atoms with E-state index in [1.165, 1.54) is 25.3 Å². The molecule has 0 heterocycles. The zero-order chi connectivity index (χ0) is 15.4. The Bertz CT molecular complexity index is 740. The van der Waals surface area contributed by atoms with Gasteiger partial charge in [-0.25, -0.2) is 0 Å². The van der Waals surface area contributed by atoms with Gasteiger partial charge in [0.25, 0.3) is 0 Å². The molecule has 0 aliphatic heterocycles. The molecule has 0 atom stereocenters. The van der Waals surface area contributed by atoms with E-state index in [2.05, 4.69) is 15.9 Å². The second-order valence-corrected chi connectivity index (χ2v) is 4.86. The first-order chi connectivity index (χ1) is 10.0. The molecular weight excluding hydrogens is 340 g/mol. The third-order valence-electron chi connectivity index (χ3n) is 2.64. The average Bonchev–Trinajstić information content (AvgIpc) is 2.47. The second kappa shape index (κ2) is 6.24. The Balaban J connectivity index is 2.41. The molecule has 2 aromatic rings. The number of hydrogen-bond donors (Lipinski definition) is 0. The van der Waals surface area contributed by atoms with Crippen molar-refractivity contribution in [2.24, 2.45) is 0 Å². The number of ether oxygens (including phenoxy) is 2. The highest BCUT2D eigenvalue weighted by molar-refractivity contribution is 9.10. The van der Waals surface area contributed by atoms with Crippen LogP contribution in [-0.4, -0.2) is 12.0 Å². The highest BCUT2D eigenvalue weighted by Gasteiger charge is 2.16. The van der Waals surface area contributed by atoms with Crippen LogP contribution in [0.2, 0.25) is 0 Å². The molecule has 0 unspecified atom stereocenters. The summed E-state index contributed by atoms with van der Waals surface area (Å²) in [6.07, 6.45) is 0. The van der Waals surface area contributed by atoms with Crippen LogP contribution < -0.4 is 9.47 Å². The van der Waals surface area contributed by atoms with Crippen molar-refractivity contribution in [2.45, 2.75) is 0 Å². The van der Waals surface area contributed by atoms with Crippen molar-refractivity contribution in [3.63, 3.8) is 0 Å². The van der Waals surface area contributed by atoms with Crippen LogP contribution in [0.4, 0.5) is 5.69 Å². The summed E-state index contributed by atoms with van der Waals surface area (Å²) in [5, 5.41) is 20.0. The lowest BCUT2D eigenvalue weighted by atomic mass is 10.2. The Hall–Kier alpha value is -2.59. The number of nitrogens with zero attached hydrogens (tertiary/aromatic N) is 2. The summed E-state index contributed by atoms with van der Waals surface area (Å²) < 4.78 is 11.2. The molecule has 0 saturated heterocycles. The van der Waals surface area contributed by atoms with Crippen molar-refractivity contribution in [1.82, 2.24) is 0 Å². The van der Waals surface area contributed by atoms with Gasteiger partial charge in [0.2, 0.25) is 0 Å². The minimum absolute atomic E-state index is 0.141. The van der Waals surface area contributed by atoms with Crippen molar-refractivity contribution in [1.29, 1.82) is 5.26 Å². The fourth-order valence-corrected chi connectivity index (χ4v) is 2.02. The van der Waals surface area contributed by atoms with Crippen molar-refractivity contribution in [3.8, 4) is 23.3 Å². The summed E-state index contributed by atoms with van der Waals surface area (Å²) in [6, 6.07) is 11.2. The molecular formula is C14H9BrN2O4.